The van der Waals surface area contributed by atoms with Gasteiger partial charge in [-0.3, -0.25) is 4.79 Å². The van der Waals surface area contributed by atoms with Crippen LogP contribution in [0.15, 0.2) is 24.3 Å². The first-order chi connectivity index (χ1) is 11.7. The summed E-state index contributed by atoms with van der Waals surface area (Å²) < 4.78 is 6.16. The summed E-state index contributed by atoms with van der Waals surface area (Å²) in [5.41, 5.74) is 7.35. The van der Waals surface area contributed by atoms with Crippen LogP contribution in [0.4, 0.5) is 0 Å². The van der Waals surface area contributed by atoms with Crippen molar-refractivity contribution in [2.24, 2.45) is 23.5 Å². The Morgan fingerprint density at radius 1 is 1.12 bits per heavy atom. The number of carbonyl (C=O) groups excluding carboxylic acids is 1. The van der Waals surface area contributed by atoms with Crippen molar-refractivity contribution in [3.05, 3.63) is 29.8 Å². The molecule has 4 unspecified atom stereocenters. The van der Waals surface area contributed by atoms with Crippen LogP contribution in [-0.2, 0) is 11.3 Å². The Bertz CT molecular complexity index is 595. The Morgan fingerprint density at radius 2 is 1.88 bits per heavy atom. The number of amides is 1. The maximum atomic E-state index is 12.6. The summed E-state index contributed by atoms with van der Waals surface area (Å²) in [6.07, 6.45) is 8.63. The molecule has 3 saturated carbocycles. The van der Waals surface area contributed by atoms with Crippen LogP contribution in [0.25, 0.3) is 0 Å². The number of rotatable bonds is 5. The van der Waals surface area contributed by atoms with Crippen molar-refractivity contribution in [2.75, 3.05) is 0 Å². The van der Waals surface area contributed by atoms with E-state index in [9.17, 15) is 4.79 Å². The van der Waals surface area contributed by atoms with Crippen LogP contribution in [0.5, 0.6) is 5.75 Å². The van der Waals surface area contributed by atoms with E-state index in [1.54, 1.807) is 0 Å². The van der Waals surface area contributed by atoms with Crippen molar-refractivity contribution in [3.63, 3.8) is 0 Å². The minimum absolute atomic E-state index is 0.00617. The van der Waals surface area contributed by atoms with E-state index in [1.807, 2.05) is 24.3 Å². The van der Waals surface area contributed by atoms with Crippen LogP contribution >= 0.6 is 0 Å². The highest BCUT2D eigenvalue weighted by Gasteiger charge is 2.48. The van der Waals surface area contributed by atoms with E-state index < -0.39 is 0 Å². The number of nitrogens with one attached hydrogen (secondary N) is 1. The lowest BCUT2D eigenvalue weighted by molar-refractivity contribution is -0.127. The van der Waals surface area contributed by atoms with Crippen LogP contribution in [-0.4, -0.2) is 18.1 Å². The molecule has 24 heavy (non-hydrogen) atoms. The molecule has 0 aromatic heterocycles. The van der Waals surface area contributed by atoms with Crippen LogP contribution in [0, 0.1) is 17.8 Å². The largest absolute Gasteiger partial charge is 0.490 e. The molecular formula is C20H28N2O2. The van der Waals surface area contributed by atoms with Crippen LogP contribution < -0.4 is 15.8 Å². The Labute approximate surface area is 144 Å². The van der Waals surface area contributed by atoms with Gasteiger partial charge in [0.05, 0.1) is 12.0 Å². The molecule has 4 nitrogen and oxygen atoms in total. The van der Waals surface area contributed by atoms with Crippen LogP contribution in [0.3, 0.4) is 0 Å². The third-order valence-electron chi connectivity index (χ3n) is 6.30. The Hall–Kier alpha value is -1.55. The van der Waals surface area contributed by atoms with Gasteiger partial charge < -0.3 is 15.8 Å². The molecule has 0 spiro atoms. The zero-order valence-electron chi connectivity index (χ0n) is 14.2. The summed E-state index contributed by atoms with van der Waals surface area (Å²) in [6, 6.07) is 8.12. The van der Waals surface area contributed by atoms with E-state index in [1.165, 1.54) is 19.3 Å². The molecule has 4 atom stereocenters. The lowest BCUT2D eigenvalue weighted by atomic mass is 9.84. The standard InChI is InChI=1S/C20H28N2O2/c21-19-14-10-9-13(11-14)18(19)20(23)22-12-15-5-1-4-8-17(15)24-16-6-2-3-7-16/h1,4-5,8,13-14,16,18-19H,2-3,6-7,9-12,21H2,(H,22,23). The molecule has 130 valence electrons. The van der Waals surface area contributed by atoms with Gasteiger partial charge >= 0.3 is 0 Å². The zero-order valence-corrected chi connectivity index (χ0v) is 14.2. The number of hydrogen-bond donors (Lipinski definition) is 2. The molecule has 3 aliphatic rings. The average Bonchev–Trinajstić information content (AvgIpc) is 3.31. The highest BCUT2D eigenvalue weighted by atomic mass is 16.5. The molecule has 4 rings (SSSR count). The van der Waals surface area contributed by atoms with Gasteiger partial charge in [0.1, 0.15) is 5.75 Å². The summed E-state index contributed by atoms with van der Waals surface area (Å²) in [7, 11) is 0. The number of carbonyl (C=O) groups is 1. The number of nitrogens with two attached hydrogens (primary N) is 1. The minimum atomic E-state index is 0.00617. The second-order valence-electron chi connectivity index (χ2n) is 7.79. The third kappa shape index (κ3) is 3.04. The van der Waals surface area contributed by atoms with Crippen molar-refractivity contribution in [2.45, 2.75) is 63.6 Å². The fourth-order valence-corrected chi connectivity index (χ4v) is 4.98. The lowest BCUT2D eigenvalue weighted by Gasteiger charge is -2.27. The molecular weight excluding hydrogens is 300 g/mol. The van der Waals surface area contributed by atoms with E-state index in [0.717, 1.165) is 37.0 Å². The summed E-state index contributed by atoms with van der Waals surface area (Å²) in [6.45, 7) is 0.530. The molecule has 3 fully saturated rings. The average molecular weight is 328 g/mol. The minimum Gasteiger partial charge on any atom is -0.490 e. The van der Waals surface area contributed by atoms with Crippen LogP contribution in [0.2, 0.25) is 0 Å². The van der Waals surface area contributed by atoms with Crippen molar-refractivity contribution in [1.82, 2.24) is 5.32 Å². The van der Waals surface area contributed by atoms with E-state index in [-0.39, 0.29) is 17.9 Å². The highest BCUT2D eigenvalue weighted by Crippen LogP contribution is 2.47. The second-order valence-corrected chi connectivity index (χ2v) is 7.79. The number of ether oxygens (including phenoxy) is 1. The fourth-order valence-electron chi connectivity index (χ4n) is 4.98. The van der Waals surface area contributed by atoms with Gasteiger partial charge in [0.2, 0.25) is 5.91 Å². The molecule has 1 aromatic rings. The summed E-state index contributed by atoms with van der Waals surface area (Å²) in [5.74, 6) is 2.11. The predicted octanol–water partition coefficient (Wildman–Crippen LogP) is 3.00. The van der Waals surface area contributed by atoms with Crippen molar-refractivity contribution < 1.29 is 9.53 Å². The predicted molar refractivity (Wildman–Crippen MR) is 93.5 cm³/mol. The normalized spacial score (nSPS) is 32.2. The van der Waals surface area contributed by atoms with E-state index in [0.29, 0.717) is 24.5 Å². The summed E-state index contributed by atoms with van der Waals surface area (Å²) in [4.78, 5) is 12.6. The Morgan fingerprint density at radius 3 is 2.62 bits per heavy atom. The summed E-state index contributed by atoms with van der Waals surface area (Å²) >= 11 is 0. The third-order valence-corrected chi connectivity index (χ3v) is 6.30. The molecule has 4 heteroatoms. The van der Waals surface area contributed by atoms with Crippen molar-refractivity contribution in [3.8, 4) is 5.75 Å². The Balaban J connectivity index is 1.38. The molecule has 1 aromatic carbocycles. The molecule has 0 heterocycles. The highest BCUT2D eigenvalue weighted by molar-refractivity contribution is 5.80. The van der Waals surface area contributed by atoms with E-state index >= 15 is 0 Å². The number of fused-ring (bicyclic) bond motifs is 2. The first kappa shape index (κ1) is 15.9. The van der Waals surface area contributed by atoms with Gasteiger partial charge in [-0.1, -0.05) is 18.2 Å². The van der Waals surface area contributed by atoms with E-state index in [4.69, 9.17) is 10.5 Å². The van der Waals surface area contributed by atoms with Gasteiger partial charge in [0.15, 0.2) is 0 Å². The fraction of sp³-hybridized carbons (Fsp3) is 0.650. The van der Waals surface area contributed by atoms with Gasteiger partial charge in [0.25, 0.3) is 0 Å². The van der Waals surface area contributed by atoms with Gasteiger partial charge in [-0.15, -0.1) is 0 Å². The quantitative estimate of drug-likeness (QED) is 0.873. The second kappa shape index (κ2) is 6.75. The first-order valence-electron chi connectivity index (χ1n) is 9.50. The zero-order chi connectivity index (χ0) is 16.5. The number of benzene rings is 1. The maximum Gasteiger partial charge on any atom is 0.225 e. The molecule has 2 bridgehead atoms. The molecule has 0 aliphatic heterocycles. The molecule has 3 N–H and O–H groups in total. The lowest BCUT2D eigenvalue weighted by Crippen LogP contribution is -2.45. The molecule has 0 radical (unpaired) electrons. The van der Waals surface area contributed by atoms with Gasteiger partial charge in [-0.2, -0.15) is 0 Å². The van der Waals surface area contributed by atoms with Gasteiger partial charge in [-0.25, -0.2) is 0 Å². The van der Waals surface area contributed by atoms with Gasteiger partial charge in [-0.05, 0) is 62.8 Å². The molecule has 3 aliphatic carbocycles. The maximum absolute atomic E-state index is 12.6. The van der Waals surface area contributed by atoms with E-state index in [2.05, 4.69) is 5.32 Å². The SMILES string of the molecule is NC1C2CCC(C2)C1C(=O)NCc1ccccc1OC1CCCC1. The molecule has 0 saturated heterocycles. The van der Waals surface area contributed by atoms with Crippen LogP contribution in [0.1, 0.15) is 50.5 Å². The first-order valence-corrected chi connectivity index (χ1v) is 9.50. The summed E-state index contributed by atoms with van der Waals surface area (Å²) in [5, 5.41) is 3.12. The number of hydrogen-bond acceptors (Lipinski definition) is 3. The Kier molecular flexibility index (Phi) is 4.49. The van der Waals surface area contributed by atoms with Crippen molar-refractivity contribution >= 4 is 5.91 Å². The van der Waals surface area contributed by atoms with Crippen molar-refractivity contribution in [1.29, 1.82) is 0 Å². The topological polar surface area (TPSA) is 64.4 Å². The monoisotopic (exact) mass is 328 g/mol. The van der Waals surface area contributed by atoms with Gasteiger partial charge in [0, 0.05) is 18.2 Å². The molecule has 1 amide bonds. The smallest absolute Gasteiger partial charge is 0.225 e. The number of para-hydroxylation sites is 1.